The lowest BCUT2D eigenvalue weighted by Crippen LogP contribution is -2.42. The highest BCUT2D eigenvalue weighted by atomic mass is 15.3. The summed E-state index contributed by atoms with van der Waals surface area (Å²) in [6, 6.07) is 10.7. The molecule has 0 fully saturated rings. The number of rotatable bonds is 4. The van der Waals surface area contributed by atoms with E-state index < -0.39 is 0 Å². The molecule has 1 aliphatic carbocycles. The Morgan fingerprint density at radius 3 is 2.68 bits per heavy atom. The summed E-state index contributed by atoms with van der Waals surface area (Å²) < 4.78 is 1.85. The van der Waals surface area contributed by atoms with Gasteiger partial charge in [-0.1, -0.05) is 24.3 Å². The monoisotopic (exact) mass is 295 g/mol. The van der Waals surface area contributed by atoms with Crippen molar-refractivity contribution in [1.82, 2.24) is 20.4 Å². The summed E-state index contributed by atoms with van der Waals surface area (Å²) in [5.74, 6) is 0.852. The van der Waals surface area contributed by atoms with Crippen LogP contribution in [0, 0.1) is 0 Å². The average Bonchev–Trinajstić information content (AvgIpc) is 3.25. The standard InChI is InChI=1S/C17H21N5/c1-18-17(21-15-5-2-3-6-15)19-13-14-7-9-16(10-8-14)22-12-4-11-20-22/h2-4,7-12,15H,5-6,13H2,1H3,(H2,18,19,21). The molecule has 22 heavy (non-hydrogen) atoms. The Labute approximate surface area is 130 Å². The molecule has 2 N–H and O–H groups in total. The lowest BCUT2D eigenvalue weighted by molar-refractivity contribution is 0.633. The molecule has 0 spiro atoms. The summed E-state index contributed by atoms with van der Waals surface area (Å²) in [6.45, 7) is 0.749. The molecule has 114 valence electrons. The number of hydrogen-bond donors (Lipinski definition) is 2. The normalized spacial score (nSPS) is 15.2. The maximum Gasteiger partial charge on any atom is 0.191 e. The van der Waals surface area contributed by atoms with Crippen molar-refractivity contribution in [2.45, 2.75) is 25.4 Å². The van der Waals surface area contributed by atoms with Gasteiger partial charge in [-0.2, -0.15) is 5.10 Å². The summed E-state index contributed by atoms with van der Waals surface area (Å²) in [5.41, 5.74) is 2.27. The van der Waals surface area contributed by atoms with E-state index in [4.69, 9.17) is 0 Å². The Bertz CT molecular complexity index is 632. The van der Waals surface area contributed by atoms with Crippen LogP contribution in [-0.2, 0) is 6.54 Å². The van der Waals surface area contributed by atoms with Crippen LogP contribution in [0.15, 0.2) is 59.9 Å². The van der Waals surface area contributed by atoms with Gasteiger partial charge in [0, 0.05) is 32.0 Å². The van der Waals surface area contributed by atoms with E-state index in [9.17, 15) is 0 Å². The molecule has 0 bridgehead atoms. The van der Waals surface area contributed by atoms with Gasteiger partial charge in [-0.25, -0.2) is 4.68 Å². The predicted molar refractivity (Wildman–Crippen MR) is 89.1 cm³/mol. The topological polar surface area (TPSA) is 54.2 Å². The van der Waals surface area contributed by atoms with E-state index >= 15 is 0 Å². The van der Waals surface area contributed by atoms with Crippen LogP contribution in [-0.4, -0.2) is 28.8 Å². The summed E-state index contributed by atoms with van der Waals surface area (Å²) in [6.07, 6.45) is 10.3. The van der Waals surface area contributed by atoms with Crippen molar-refractivity contribution in [3.05, 3.63) is 60.4 Å². The smallest absolute Gasteiger partial charge is 0.191 e. The number of guanidine groups is 1. The fourth-order valence-electron chi connectivity index (χ4n) is 2.50. The molecular weight excluding hydrogens is 274 g/mol. The number of nitrogens with one attached hydrogen (secondary N) is 2. The van der Waals surface area contributed by atoms with Gasteiger partial charge in [0.2, 0.25) is 0 Å². The zero-order valence-electron chi connectivity index (χ0n) is 12.7. The fraction of sp³-hybridized carbons (Fsp3) is 0.294. The molecule has 0 unspecified atom stereocenters. The first kappa shape index (κ1) is 14.4. The Morgan fingerprint density at radius 2 is 2.05 bits per heavy atom. The van der Waals surface area contributed by atoms with Crippen molar-refractivity contribution >= 4 is 5.96 Å². The molecule has 0 atom stereocenters. The molecule has 1 aromatic heterocycles. The maximum absolute atomic E-state index is 4.28. The lowest BCUT2D eigenvalue weighted by atomic mass is 10.2. The minimum absolute atomic E-state index is 0.466. The molecule has 5 heteroatoms. The molecule has 0 radical (unpaired) electrons. The van der Waals surface area contributed by atoms with Crippen molar-refractivity contribution in [1.29, 1.82) is 0 Å². The first-order valence-electron chi connectivity index (χ1n) is 7.56. The summed E-state index contributed by atoms with van der Waals surface area (Å²) in [4.78, 5) is 4.28. The molecule has 2 aromatic rings. The number of aliphatic imine (C=N–C) groups is 1. The van der Waals surface area contributed by atoms with Gasteiger partial charge in [-0.15, -0.1) is 0 Å². The molecule has 0 aliphatic heterocycles. The van der Waals surface area contributed by atoms with E-state index in [1.54, 1.807) is 13.2 Å². The van der Waals surface area contributed by atoms with Gasteiger partial charge in [0.05, 0.1) is 5.69 Å². The second-order valence-corrected chi connectivity index (χ2v) is 5.33. The molecule has 0 saturated carbocycles. The van der Waals surface area contributed by atoms with Gasteiger partial charge in [0.15, 0.2) is 5.96 Å². The van der Waals surface area contributed by atoms with Gasteiger partial charge < -0.3 is 10.6 Å². The van der Waals surface area contributed by atoms with Crippen LogP contribution >= 0.6 is 0 Å². The molecule has 5 nitrogen and oxygen atoms in total. The molecule has 1 heterocycles. The number of aromatic nitrogens is 2. The van der Waals surface area contributed by atoms with E-state index in [0.717, 1.165) is 31.0 Å². The minimum atomic E-state index is 0.466. The summed E-state index contributed by atoms with van der Waals surface area (Å²) in [5, 5.41) is 11.0. The number of nitrogens with zero attached hydrogens (tertiary/aromatic N) is 3. The van der Waals surface area contributed by atoms with Crippen molar-refractivity contribution < 1.29 is 0 Å². The van der Waals surface area contributed by atoms with E-state index in [1.807, 2.05) is 16.9 Å². The van der Waals surface area contributed by atoms with Crippen molar-refractivity contribution in [3.8, 4) is 5.69 Å². The molecule has 0 amide bonds. The third kappa shape index (κ3) is 3.55. The Morgan fingerprint density at radius 1 is 1.27 bits per heavy atom. The van der Waals surface area contributed by atoms with Crippen molar-refractivity contribution in [3.63, 3.8) is 0 Å². The summed E-state index contributed by atoms with van der Waals surface area (Å²) >= 11 is 0. The van der Waals surface area contributed by atoms with Gasteiger partial charge in [-0.05, 0) is 36.6 Å². The van der Waals surface area contributed by atoms with Crippen LogP contribution in [0.25, 0.3) is 5.69 Å². The zero-order chi connectivity index (χ0) is 15.2. The van der Waals surface area contributed by atoms with Crippen molar-refractivity contribution in [2.24, 2.45) is 4.99 Å². The van der Waals surface area contributed by atoms with E-state index in [-0.39, 0.29) is 0 Å². The largest absolute Gasteiger partial charge is 0.353 e. The van der Waals surface area contributed by atoms with Gasteiger partial charge in [0.25, 0.3) is 0 Å². The molecule has 1 aliphatic rings. The highest BCUT2D eigenvalue weighted by Gasteiger charge is 2.11. The molecule has 1 aromatic carbocycles. The predicted octanol–water partition coefficient (Wildman–Crippen LogP) is 2.26. The summed E-state index contributed by atoms with van der Waals surface area (Å²) in [7, 11) is 1.80. The van der Waals surface area contributed by atoms with Crippen LogP contribution in [0.2, 0.25) is 0 Å². The second kappa shape index (κ2) is 6.93. The Hall–Kier alpha value is -2.56. The zero-order valence-corrected chi connectivity index (χ0v) is 12.7. The third-order valence-corrected chi connectivity index (χ3v) is 3.74. The average molecular weight is 295 g/mol. The lowest BCUT2D eigenvalue weighted by Gasteiger charge is -2.17. The van der Waals surface area contributed by atoms with E-state index in [2.05, 4.69) is 57.1 Å². The van der Waals surface area contributed by atoms with Crippen LogP contribution in [0.1, 0.15) is 18.4 Å². The maximum atomic E-state index is 4.28. The highest BCUT2D eigenvalue weighted by molar-refractivity contribution is 5.80. The van der Waals surface area contributed by atoms with Gasteiger partial charge in [-0.3, -0.25) is 4.99 Å². The van der Waals surface area contributed by atoms with Crippen LogP contribution in [0.5, 0.6) is 0 Å². The fourth-order valence-corrected chi connectivity index (χ4v) is 2.50. The molecule has 0 saturated heterocycles. The van der Waals surface area contributed by atoms with E-state index in [1.165, 1.54) is 5.56 Å². The van der Waals surface area contributed by atoms with Crippen LogP contribution < -0.4 is 10.6 Å². The number of hydrogen-bond acceptors (Lipinski definition) is 2. The third-order valence-electron chi connectivity index (χ3n) is 3.74. The second-order valence-electron chi connectivity index (χ2n) is 5.33. The van der Waals surface area contributed by atoms with Crippen LogP contribution in [0.3, 0.4) is 0 Å². The van der Waals surface area contributed by atoms with Crippen LogP contribution in [0.4, 0.5) is 0 Å². The first-order chi connectivity index (χ1) is 10.8. The highest BCUT2D eigenvalue weighted by Crippen LogP contribution is 2.10. The Balaban J connectivity index is 1.54. The number of benzene rings is 1. The molecule has 3 rings (SSSR count). The Kier molecular flexibility index (Phi) is 4.53. The van der Waals surface area contributed by atoms with E-state index in [0.29, 0.717) is 6.04 Å². The van der Waals surface area contributed by atoms with Gasteiger partial charge in [0.1, 0.15) is 0 Å². The minimum Gasteiger partial charge on any atom is -0.353 e. The van der Waals surface area contributed by atoms with Crippen molar-refractivity contribution in [2.75, 3.05) is 7.05 Å². The van der Waals surface area contributed by atoms with Gasteiger partial charge >= 0.3 is 0 Å². The quantitative estimate of drug-likeness (QED) is 0.517. The SMILES string of the molecule is CN=C(NCc1ccc(-n2cccn2)cc1)NC1CC=CC1. The molecular formula is C17H21N5. The first-order valence-corrected chi connectivity index (χ1v) is 7.56.